The predicted octanol–water partition coefficient (Wildman–Crippen LogP) is 6.20. The lowest BCUT2D eigenvalue weighted by Crippen LogP contribution is -2.39. The minimum absolute atomic E-state index is 0.00235. The fraction of sp³-hybridized carbons (Fsp3) is 0.258. The van der Waals surface area contributed by atoms with Crippen molar-refractivity contribution >= 4 is 35.3 Å². The Labute approximate surface area is 234 Å². The number of nitrogens with one attached hydrogen (secondary N) is 4. The van der Waals surface area contributed by atoms with Crippen LogP contribution in [-0.4, -0.2) is 29.0 Å². The van der Waals surface area contributed by atoms with E-state index in [9.17, 15) is 4.79 Å². The average molecular weight is 539 g/mol. The third-order valence-corrected chi connectivity index (χ3v) is 7.68. The molecule has 0 saturated heterocycles. The van der Waals surface area contributed by atoms with Gasteiger partial charge in [-0.05, 0) is 74.0 Å². The molecule has 0 aliphatic carbocycles. The third-order valence-electron chi connectivity index (χ3n) is 6.84. The van der Waals surface area contributed by atoms with E-state index in [1.807, 2.05) is 69.4 Å². The molecule has 5 rings (SSSR count). The highest BCUT2D eigenvalue weighted by Crippen LogP contribution is 2.29. The zero-order valence-electron chi connectivity index (χ0n) is 22.5. The van der Waals surface area contributed by atoms with Gasteiger partial charge in [-0.2, -0.15) is 4.98 Å². The molecule has 2 heterocycles. The number of benzene rings is 3. The number of carbonyl (C=O) groups excluding carboxylic acids is 1. The summed E-state index contributed by atoms with van der Waals surface area (Å²) < 4.78 is 3.42. The van der Waals surface area contributed by atoms with Crippen LogP contribution in [0.1, 0.15) is 37.0 Å². The highest BCUT2D eigenvalue weighted by atomic mass is 32.2. The van der Waals surface area contributed by atoms with E-state index >= 15 is 0 Å². The molecule has 200 valence electrons. The van der Waals surface area contributed by atoms with Gasteiger partial charge >= 0.3 is 0 Å². The molecule has 39 heavy (non-hydrogen) atoms. The molecule has 0 spiro atoms. The van der Waals surface area contributed by atoms with Gasteiger partial charge in [-0.15, -0.1) is 0 Å². The van der Waals surface area contributed by atoms with Crippen LogP contribution in [0.5, 0.6) is 0 Å². The van der Waals surface area contributed by atoms with Crippen LogP contribution in [0.25, 0.3) is 11.1 Å². The van der Waals surface area contributed by atoms with Crippen LogP contribution in [0.3, 0.4) is 0 Å². The summed E-state index contributed by atoms with van der Waals surface area (Å²) in [4.78, 5) is 23.6. The summed E-state index contributed by atoms with van der Waals surface area (Å²) in [5, 5.41) is 9.92. The zero-order valence-corrected chi connectivity index (χ0v) is 23.4. The smallest absolute Gasteiger partial charge is 0.230 e. The molecule has 1 aliphatic heterocycles. The topological polar surface area (TPSA) is 91.0 Å². The molecule has 1 aromatic heterocycles. The number of aryl methyl sites for hydroxylation is 1. The summed E-state index contributed by atoms with van der Waals surface area (Å²) in [5.74, 6) is 1.34. The molecule has 0 radical (unpaired) electrons. The number of carbonyl (C=O) groups is 1. The lowest BCUT2D eigenvalue weighted by Gasteiger charge is -2.24. The Kier molecular flexibility index (Phi) is 8.14. The number of hydrogen-bond acceptors (Lipinski definition) is 7. The molecule has 0 atom stereocenters. The second kappa shape index (κ2) is 11.9. The van der Waals surface area contributed by atoms with E-state index in [0.29, 0.717) is 12.5 Å². The lowest BCUT2D eigenvalue weighted by atomic mass is 9.83. The third kappa shape index (κ3) is 6.58. The van der Waals surface area contributed by atoms with Crippen LogP contribution in [0.15, 0.2) is 83.9 Å². The Balaban J connectivity index is 1.30. The van der Waals surface area contributed by atoms with E-state index in [1.54, 1.807) is 11.9 Å². The van der Waals surface area contributed by atoms with Crippen molar-refractivity contribution in [1.82, 2.24) is 20.0 Å². The molecule has 7 nitrogen and oxygen atoms in total. The largest absolute Gasteiger partial charge is 0.369 e. The maximum absolute atomic E-state index is 13.0. The molecular formula is C31H34N6OS. The van der Waals surface area contributed by atoms with E-state index in [-0.39, 0.29) is 5.91 Å². The van der Waals surface area contributed by atoms with Crippen molar-refractivity contribution in [2.24, 2.45) is 0 Å². The molecule has 8 heteroatoms. The molecule has 4 aromatic rings. The van der Waals surface area contributed by atoms with E-state index in [0.717, 1.165) is 63.7 Å². The molecule has 0 saturated carbocycles. The fourth-order valence-electron chi connectivity index (χ4n) is 4.43. The van der Waals surface area contributed by atoms with E-state index in [2.05, 4.69) is 56.0 Å². The second-order valence-electron chi connectivity index (χ2n) is 10.3. The van der Waals surface area contributed by atoms with Crippen molar-refractivity contribution < 1.29 is 4.79 Å². The summed E-state index contributed by atoms with van der Waals surface area (Å²) in [7, 11) is 0. The van der Waals surface area contributed by atoms with Crippen molar-refractivity contribution in [3.8, 4) is 11.1 Å². The molecule has 0 unspecified atom stereocenters. The van der Waals surface area contributed by atoms with Crippen LogP contribution in [0, 0.1) is 6.92 Å². The van der Waals surface area contributed by atoms with Gasteiger partial charge in [0.25, 0.3) is 0 Å². The van der Waals surface area contributed by atoms with Crippen LogP contribution < -0.4 is 20.7 Å². The van der Waals surface area contributed by atoms with Crippen molar-refractivity contribution in [3.05, 3.63) is 95.7 Å². The molecule has 3 aromatic carbocycles. The molecule has 1 amide bonds. The summed E-state index contributed by atoms with van der Waals surface area (Å²) in [5.41, 5.74) is 5.46. The van der Waals surface area contributed by atoms with Gasteiger partial charge in [-0.3, -0.25) is 9.52 Å². The van der Waals surface area contributed by atoms with E-state index in [4.69, 9.17) is 4.98 Å². The second-order valence-corrected chi connectivity index (χ2v) is 11.2. The minimum atomic E-state index is -0.616. The Morgan fingerprint density at radius 3 is 2.67 bits per heavy atom. The summed E-state index contributed by atoms with van der Waals surface area (Å²) in [6.45, 7) is 8.09. The fourth-order valence-corrected chi connectivity index (χ4v) is 5.17. The number of rotatable bonds is 5. The molecular weight excluding hydrogens is 504 g/mol. The summed E-state index contributed by atoms with van der Waals surface area (Å²) in [6, 6.07) is 24.5. The summed E-state index contributed by atoms with van der Waals surface area (Å²) in [6.07, 6.45) is 2.81. The van der Waals surface area contributed by atoms with Gasteiger partial charge in [0.05, 0.1) is 5.41 Å². The molecule has 1 aliphatic rings. The number of amides is 1. The van der Waals surface area contributed by atoms with Crippen molar-refractivity contribution in [2.75, 3.05) is 23.7 Å². The Morgan fingerprint density at radius 1 is 1.03 bits per heavy atom. The maximum Gasteiger partial charge on any atom is 0.230 e. The van der Waals surface area contributed by atoms with Crippen LogP contribution in [0.4, 0.5) is 17.5 Å². The molecule has 0 fully saturated rings. The first-order chi connectivity index (χ1) is 18.9. The number of fused-ring (bicyclic) bond motifs is 4. The summed E-state index contributed by atoms with van der Waals surface area (Å²) >= 11 is 1.63. The van der Waals surface area contributed by atoms with Gasteiger partial charge in [0.15, 0.2) is 0 Å². The Hall–Kier alpha value is -3.88. The first-order valence-corrected chi connectivity index (χ1v) is 14.0. The normalized spacial score (nSPS) is 13.6. The quantitative estimate of drug-likeness (QED) is 0.225. The van der Waals surface area contributed by atoms with Gasteiger partial charge in [0.2, 0.25) is 11.9 Å². The van der Waals surface area contributed by atoms with E-state index in [1.165, 1.54) is 0 Å². The van der Waals surface area contributed by atoms with Crippen LogP contribution in [0.2, 0.25) is 0 Å². The van der Waals surface area contributed by atoms with Gasteiger partial charge < -0.3 is 16.0 Å². The average Bonchev–Trinajstić information content (AvgIpc) is 2.94. The maximum atomic E-state index is 13.0. The van der Waals surface area contributed by atoms with Gasteiger partial charge in [0.1, 0.15) is 5.82 Å². The molecule has 4 N–H and O–H groups in total. The van der Waals surface area contributed by atoms with Crippen LogP contribution >= 0.6 is 11.9 Å². The monoisotopic (exact) mass is 538 g/mol. The Bertz CT molecular complexity index is 1450. The van der Waals surface area contributed by atoms with E-state index < -0.39 is 5.41 Å². The van der Waals surface area contributed by atoms with Gasteiger partial charge in [0, 0.05) is 42.0 Å². The standard InChI is InChI=1S/C31H34N6OS/c1-21-7-4-8-24(17-21)31(2,3)29(38)33-19-22-11-13-23(14-12-22)27-20-34-30-36-25-9-5-10-26(18-25)39-35-16-6-15-32-28(27)37-30/h4-5,7-14,17-18,20,35H,6,15-16,19H2,1-3H3,(H,33,38)(H2,32,34,36,37). The number of hydrogen-bond donors (Lipinski definition) is 4. The number of aromatic nitrogens is 2. The lowest BCUT2D eigenvalue weighted by molar-refractivity contribution is -0.125. The highest BCUT2D eigenvalue weighted by molar-refractivity contribution is 7.97. The SMILES string of the molecule is Cc1cccc(C(C)(C)C(=O)NCc2ccc(-c3cnc4nc3NCCCNSc3cccc(c3)N4)cc2)c1. The van der Waals surface area contributed by atoms with Crippen molar-refractivity contribution in [1.29, 1.82) is 0 Å². The predicted molar refractivity (Wildman–Crippen MR) is 160 cm³/mol. The zero-order chi connectivity index (χ0) is 27.2. The number of anilines is 3. The van der Waals surface area contributed by atoms with Crippen molar-refractivity contribution in [2.45, 2.75) is 44.0 Å². The molecule has 4 bridgehead atoms. The van der Waals surface area contributed by atoms with Crippen molar-refractivity contribution in [3.63, 3.8) is 0 Å². The first-order valence-electron chi connectivity index (χ1n) is 13.2. The Morgan fingerprint density at radius 2 is 1.85 bits per heavy atom. The first kappa shape index (κ1) is 26.7. The van der Waals surface area contributed by atoms with Gasteiger partial charge in [-0.25, -0.2) is 4.98 Å². The van der Waals surface area contributed by atoms with Crippen LogP contribution in [-0.2, 0) is 16.8 Å². The van der Waals surface area contributed by atoms with Gasteiger partial charge in [-0.1, -0.05) is 60.2 Å². The number of nitrogens with zero attached hydrogens (tertiary/aromatic N) is 2. The minimum Gasteiger partial charge on any atom is -0.369 e. The highest BCUT2D eigenvalue weighted by Gasteiger charge is 2.29.